The molecule has 0 saturated carbocycles. The Morgan fingerprint density at radius 1 is 1.00 bits per heavy atom. The third kappa shape index (κ3) is 3.28. The monoisotopic (exact) mass is 324 g/mol. The van der Waals surface area contributed by atoms with Crippen molar-refractivity contribution in [1.29, 1.82) is 0 Å². The van der Waals surface area contributed by atoms with Gasteiger partial charge in [0.15, 0.2) is 14.0 Å². The Kier molecular flexibility index (Phi) is 4.42. The van der Waals surface area contributed by atoms with Crippen molar-refractivity contribution in [3.8, 4) is 11.1 Å². The Balaban J connectivity index is 2.32. The van der Waals surface area contributed by atoms with E-state index >= 15 is 0 Å². The van der Waals surface area contributed by atoms with Crippen molar-refractivity contribution in [3.05, 3.63) is 60.2 Å². The van der Waals surface area contributed by atoms with Gasteiger partial charge >= 0.3 is 0 Å². The molecule has 0 radical (unpaired) electrons. The van der Waals surface area contributed by atoms with Crippen molar-refractivity contribution in [3.63, 3.8) is 0 Å². The van der Waals surface area contributed by atoms with Crippen LogP contribution in [0.1, 0.15) is 18.6 Å². The minimum absolute atomic E-state index is 0.470. The summed E-state index contributed by atoms with van der Waals surface area (Å²) in [5, 5.41) is 10.2. The van der Waals surface area contributed by atoms with Gasteiger partial charge in [-0.2, -0.15) is 0 Å². The van der Waals surface area contributed by atoms with Gasteiger partial charge in [0, 0.05) is 6.26 Å². The molecule has 21 heavy (non-hydrogen) atoms. The molecule has 0 aliphatic heterocycles. The average molecular weight is 325 g/mol. The second-order valence-corrected chi connectivity index (χ2v) is 8.55. The molecule has 5 heteroatoms. The minimum Gasteiger partial charge on any atom is -0.385 e. The van der Waals surface area contributed by atoms with Crippen molar-refractivity contribution in [2.45, 2.75) is 17.2 Å². The topological polar surface area (TPSA) is 54.4 Å². The van der Waals surface area contributed by atoms with Crippen molar-refractivity contribution in [2.24, 2.45) is 0 Å². The lowest BCUT2D eigenvalue weighted by molar-refractivity contribution is 0.163. The molecule has 0 saturated heterocycles. The fraction of sp³-hybridized carbons (Fsp3) is 0.250. The smallest absolute Gasteiger partial charge is 0.172 e. The molecule has 0 amide bonds. The van der Waals surface area contributed by atoms with Crippen LogP contribution in [0.5, 0.6) is 0 Å². The molecular weight excluding hydrogens is 308 g/mol. The average Bonchev–Trinajstić information content (AvgIpc) is 2.46. The molecule has 1 N–H and O–H groups in total. The highest BCUT2D eigenvalue weighted by atomic mass is 35.5. The van der Waals surface area contributed by atoms with Crippen LogP contribution in [0.2, 0.25) is 0 Å². The van der Waals surface area contributed by atoms with Gasteiger partial charge in [0.1, 0.15) is 6.10 Å². The van der Waals surface area contributed by atoms with Gasteiger partial charge < -0.3 is 5.11 Å². The van der Waals surface area contributed by atoms with Gasteiger partial charge in [-0.15, -0.1) is 0 Å². The van der Waals surface area contributed by atoms with E-state index in [0.29, 0.717) is 5.56 Å². The SMILES string of the molecule is C[C@](Cl)([C@@H](O)c1ccc(-c2ccccc2)cc1)S(C)(=O)=O. The molecule has 2 aromatic rings. The van der Waals surface area contributed by atoms with Crippen molar-refractivity contribution in [2.75, 3.05) is 6.26 Å². The Morgan fingerprint density at radius 2 is 1.48 bits per heavy atom. The van der Waals surface area contributed by atoms with Crippen LogP contribution in [-0.2, 0) is 9.84 Å². The Morgan fingerprint density at radius 3 is 1.95 bits per heavy atom. The summed E-state index contributed by atoms with van der Waals surface area (Å²) in [7, 11) is -3.60. The number of benzene rings is 2. The first kappa shape index (κ1) is 16.0. The van der Waals surface area contributed by atoms with Crippen molar-refractivity contribution >= 4 is 21.4 Å². The number of sulfone groups is 1. The van der Waals surface area contributed by atoms with Gasteiger partial charge in [0.05, 0.1) is 0 Å². The summed E-state index contributed by atoms with van der Waals surface area (Å²) in [5.41, 5.74) is 2.51. The molecule has 112 valence electrons. The van der Waals surface area contributed by atoms with Gasteiger partial charge in [-0.05, 0) is 23.6 Å². The van der Waals surface area contributed by atoms with Crippen molar-refractivity contribution in [1.82, 2.24) is 0 Å². The highest BCUT2D eigenvalue weighted by Gasteiger charge is 2.41. The van der Waals surface area contributed by atoms with E-state index in [1.807, 2.05) is 42.5 Å². The van der Waals surface area contributed by atoms with Crippen LogP contribution in [0.25, 0.3) is 11.1 Å². The van der Waals surface area contributed by atoms with Crippen LogP contribution >= 0.6 is 11.6 Å². The quantitative estimate of drug-likeness (QED) is 0.877. The maximum absolute atomic E-state index is 11.7. The van der Waals surface area contributed by atoms with Gasteiger partial charge in [-0.25, -0.2) is 8.42 Å². The molecule has 0 fully saturated rings. The molecule has 0 heterocycles. The normalized spacial score (nSPS) is 16.2. The minimum atomic E-state index is -3.60. The molecule has 0 unspecified atom stereocenters. The molecule has 0 aliphatic rings. The number of aliphatic hydroxyl groups excluding tert-OH is 1. The second kappa shape index (κ2) is 5.79. The number of aliphatic hydroxyl groups is 1. The van der Waals surface area contributed by atoms with E-state index in [9.17, 15) is 13.5 Å². The van der Waals surface area contributed by atoms with Crippen LogP contribution in [-0.4, -0.2) is 24.0 Å². The lowest BCUT2D eigenvalue weighted by atomic mass is 10.0. The standard InChI is InChI=1S/C16H17ClO3S/c1-16(17,21(2,19)20)15(18)14-10-8-13(9-11-14)12-6-4-3-5-7-12/h3-11,15,18H,1-2H3/t15-,16+/m0/s1. The molecule has 0 aromatic heterocycles. The first-order valence-electron chi connectivity index (χ1n) is 6.45. The Labute approximate surface area is 130 Å². The maximum Gasteiger partial charge on any atom is 0.172 e. The highest BCUT2D eigenvalue weighted by molar-refractivity contribution is 7.93. The lowest BCUT2D eigenvalue weighted by Crippen LogP contribution is -2.35. The number of halogens is 1. The van der Waals surface area contributed by atoms with E-state index < -0.39 is 20.1 Å². The maximum atomic E-state index is 11.7. The van der Waals surface area contributed by atoms with Gasteiger partial charge in [-0.1, -0.05) is 66.2 Å². The largest absolute Gasteiger partial charge is 0.385 e. The van der Waals surface area contributed by atoms with E-state index in [-0.39, 0.29) is 0 Å². The third-order valence-electron chi connectivity index (χ3n) is 3.55. The zero-order valence-corrected chi connectivity index (χ0v) is 13.4. The molecule has 0 aliphatic carbocycles. The van der Waals surface area contributed by atoms with Gasteiger partial charge in [0.2, 0.25) is 0 Å². The summed E-state index contributed by atoms with van der Waals surface area (Å²) < 4.78 is 21.6. The molecule has 3 nitrogen and oxygen atoms in total. The molecule has 2 atom stereocenters. The number of rotatable bonds is 4. The highest BCUT2D eigenvalue weighted by Crippen LogP contribution is 2.36. The Hall–Kier alpha value is -1.36. The van der Waals surface area contributed by atoms with Crippen LogP contribution in [0, 0.1) is 0 Å². The molecule has 0 spiro atoms. The number of alkyl halides is 1. The van der Waals surface area contributed by atoms with E-state index in [1.54, 1.807) is 12.1 Å². The first-order valence-corrected chi connectivity index (χ1v) is 8.72. The summed E-state index contributed by atoms with van der Waals surface area (Å²) in [6, 6.07) is 16.8. The van der Waals surface area contributed by atoms with Crippen molar-refractivity contribution < 1.29 is 13.5 Å². The van der Waals surface area contributed by atoms with E-state index in [0.717, 1.165) is 17.4 Å². The number of hydrogen-bond donors (Lipinski definition) is 1. The van der Waals surface area contributed by atoms with Crippen LogP contribution in [0.15, 0.2) is 54.6 Å². The molecule has 2 rings (SSSR count). The predicted molar refractivity (Wildman–Crippen MR) is 85.9 cm³/mol. The zero-order valence-electron chi connectivity index (χ0n) is 11.8. The second-order valence-electron chi connectivity index (χ2n) is 5.15. The fourth-order valence-corrected chi connectivity index (χ4v) is 2.66. The van der Waals surface area contributed by atoms with Gasteiger partial charge in [-0.3, -0.25) is 0 Å². The third-order valence-corrected chi connectivity index (χ3v) is 6.27. The van der Waals surface area contributed by atoms with E-state index in [2.05, 4.69) is 0 Å². The molecular formula is C16H17ClO3S. The summed E-state index contributed by atoms with van der Waals surface area (Å²) in [4.78, 5) is 0. The molecule has 2 aromatic carbocycles. The summed E-state index contributed by atoms with van der Waals surface area (Å²) >= 11 is 6.02. The first-order chi connectivity index (χ1) is 9.73. The summed E-state index contributed by atoms with van der Waals surface area (Å²) in [6.07, 6.45) is -0.277. The number of hydrogen-bond acceptors (Lipinski definition) is 3. The van der Waals surface area contributed by atoms with E-state index in [1.165, 1.54) is 6.92 Å². The lowest BCUT2D eigenvalue weighted by Gasteiger charge is -2.26. The predicted octanol–water partition coefficient (Wildman–Crippen LogP) is 3.39. The van der Waals surface area contributed by atoms with Crippen LogP contribution < -0.4 is 0 Å². The zero-order chi connectivity index (χ0) is 15.7. The summed E-state index contributed by atoms with van der Waals surface area (Å²) in [6.45, 7) is 1.31. The fourth-order valence-electron chi connectivity index (χ4n) is 1.99. The van der Waals surface area contributed by atoms with Crippen LogP contribution in [0.3, 0.4) is 0 Å². The van der Waals surface area contributed by atoms with Gasteiger partial charge in [0.25, 0.3) is 0 Å². The Bertz CT molecular complexity index is 707. The molecule has 0 bridgehead atoms. The van der Waals surface area contributed by atoms with E-state index in [4.69, 9.17) is 11.6 Å². The van der Waals surface area contributed by atoms with Crippen LogP contribution in [0.4, 0.5) is 0 Å². The summed E-state index contributed by atoms with van der Waals surface area (Å²) in [5.74, 6) is 0.